The Hall–Kier alpha value is -2.04. The molecular weight excluding hydrogens is 320 g/mol. The Morgan fingerprint density at radius 2 is 1.92 bits per heavy atom. The Balaban J connectivity index is 1.63. The highest BCUT2D eigenvalue weighted by molar-refractivity contribution is 6.30. The molecule has 4 nitrogen and oxygen atoms in total. The third kappa shape index (κ3) is 2.56. The minimum Gasteiger partial charge on any atom is -0.349 e. The van der Waals surface area contributed by atoms with Crippen molar-refractivity contribution in [3.05, 3.63) is 70.8 Å². The van der Waals surface area contributed by atoms with E-state index in [1.165, 1.54) is 5.69 Å². The van der Waals surface area contributed by atoms with Crippen LogP contribution in [0.4, 0.5) is 0 Å². The second-order valence-electron chi connectivity index (χ2n) is 6.38. The van der Waals surface area contributed by atoms with E-state index in [0.717, 1.165) is 36.6 Å². The quantitative estimate of drug-likeness (QED) is 0.713. The van der Waals surface area contributed by atoms with Gasteiger partial charge in [0.2, 0.25) is 0 Å². The van der Waals surface area contributed by atoms with Gasteiger partial charge in [0, 0.05) is 43.1 Å². The van der Waals surface area contributed by atoms with Gasteiger partial charge in [-0.25, -0.2) is 4.68 Å². The molecule has 1 aliphatic rings. The van der Waals surface area contributed by atoms with Gasteiger partial charge in [-0.05, 0) is 38.1 Å². The summed E-state index contributed by atoms with van der Waals surface area (Å²) in [5, 5.41) is 5.37. The highest BCUT2D eigenvalue weighted by Crippen LogP contribution is 2.30. The largest absolute Gasteiger partial charge is 0.349 e. The van der Waals surface area contributed by atoms with Gasteiger partial charge in [0.1, 0.15) is 5.15 Å². The first-order valence-electron chi connectivity index (χ1n) is 8.33. The molecule has 0 saturated carbocycles. The van der Waals surface area contributed by atoms with Crippen LogP contribution in [-0.4, -0.2) is 25.8 Å². The van der Waals surface area contributed by atoms with E-state index < -0.39 is 0 Å². The molecule has 0 fully saturated rings. The predicted octanol–water partition coefficient (Wildman–Crippen LogP) is 4.21. The molecule has 0 bridgehead atoms. The maximum Gasteiger partial charge on any atom is 0.137 e. The van der Waals surface area contributed by atoms with Crippen molar-refractivity contribution >= 4 is 11.6 Å². The van der Waals surface area contributed by atoms with Gasteiger partial charge in [-0.15, -0.1) is 0 Å². The summed E-state index contributed by atoms with van der Waals surface area (Å²) in [5.74, 6) is 0. The van der Waals surface area contributed by atoms with Crippen molar-refractivity contribution in [2.45, 2.75) is 33.0 Å². The topological polar surface area (TPSA) is 26.0 Å². The highest BCUT2D eigenvalue weighted by atomic mass is 35.5. The van der Waals surface area contributed by atoms with Crippen LogP contribution < -0.4 is 0 Å². The first kappa shape index (κ1) is 15.5. The molecule has 0 amide bonds. The standard InChI is InChI=1S/C19H21ClN4/c1-14-17(19(20)24(21-14)16-7-4-3-5-8-16)13-23-12-11-22-10-6-9-18(22)15(23)2/h3-10,15H,11-13H2,1-2H3/t15-/m1/s1. The molecule has 0 saturated heterocycles. The normalized spacial score (nSPS) is 17.9. The smallest absolute Gasteiger partial charge is 0.137 e. The molecule has 0 radical (unpaired) electrons. The Kier molecular flexibility index (Phi) is 3.94. The lowest BCUT2D eigenvalue weighted by Crippen LogP contribution is -2.36. The van der Waals surface area contributed by atoms with Gasteiger partial charge in [0.05, 0.1) is 11.4 Å². The van der Waals surface area contributed by atoms with Crippen LogP contribution in [0.25, 0.3) is 5.69 Å². The molecule has 0 N–H and O–H groups in total. The Morgan fingerprint density at radius 3 is 2.71 bits per heavy atom. The second-order valence-corrected chi connectivity index (χ2v) is 6.73. The van der Waals surface area contributed by atoms with Crippen molar-refractivity contribution in [1.29, 1.82) is 0 Å². The molecule has 124 valence electrons. The fourth-order valence-corrected chi connectivity index (χ4v) is 3.83. The average Bonchev–Trinajstić information content (AvgIpc) is 3.18. The number of hydrogen-bond donors (Lipinski definition) is 0. The van der Waals surface area contributed by atoms with Crippen molar-refractivity contribution in [1.82, 2.24) is 19.2 Å². The number of nitrogens with zero attached hydrogens (tertiary/aromatic N) is 4. The Labute approximate surface area is 147 Å². The van der Waals surface area contributed by atoms with Gasteiger partial charge >= 0.3 is 0 Å². The molecule has 0 aliphatic carbocycles. The summed E-state index contributed by atoms with van der Waals surface area (Å²) < 4.78 is 4.17. The maximum atomic E-state index is 6.68. The van der Waals surface area contributed by atoms with Crippen LogP contribution in [0.3, 0.4) is 0 Å². The number of fused-ring (bicyclic) bond motifs is 1. The zero-order valence-corrected chi connectivity index (χ0v) is 14.7. The van der Waals surface area contributed by atoms with E-state index >= 15 is 0 Å². The van der Waals surface area contributed by atoms with Crippen LogP contribution >= 0.6 is 11.6 Å². The van der Waals surface area contributed by atoms with Gasteiger partial charge in [-0.2, -0.15) is 5.10 Å². The van der Waals surface area contributed by atoms with Crippen molar-refractivity contribution in [2.24, 2.45) is 0 Å². The summed E-state index contributed by atoms with van der Waals surface area (Å²) in [6.07, 6.45) is 2.16. The Bertz CT molecular complexity index is 850. The summed E-state index contributed by atoms with van der Waals surface area (Å²) in [5.41, 5.74) is 4.48. The summed E-state index contributed by atoms with van der Waals surface area (Å²) in [4.78, 5) is 2.47. The maximum absolute atomic E-state index is 6.68. The molecule has 2 aromatic heterocycles. The number of aromatic nitrogens is 3. The van der Waals surface area contributed by atoms with E-state index in [4.69, 9.17) is 11.6 Å². The van der Waals surface area contributed by atoms with Gasteiger partial charge in [0.25, 0.3) is 0 Å². The van der Waals surface area contributed by atoms with Crippen molar-refractivity contribution < 1.29 is 0 Å². The summed E-state index contributed by atoms with van der Waals surface area (Å²) >= 11 is 6.68. The SMILES string of the molecule is Cc1nn(-c2ccccc2)c(Cl)c1CN1CCn2cccc2[C@H]1C. The molecule has 3 aromatic rings. The lowest BCUT2D eigenvalue weighted by atomic mass is 10.1. The molecule has 1 atom stereocenters. The third-order valence-electron chi connectivity index (χ3n) is 4.95. The zero-order chi connectivity index (χ0) is 16.7. The summed E-state index contributed by atoms with van der Waals surface area (Å²) in [6.45, 7) is 7.17. The van der Waals surface area contributed by atoms with E-state index in [-0.39, 0.29) is 0 Å². The second kappa shape index (κ2) is 6.11. The van der Waals surface area contributed by atoms with Crippen molar-refractivity contribution in [3.63, 3.8) is 0 Å². The van der Waals surface area contributed by atoms with E-state index in [2.05, 4.69) is 39.8 Å². The Morgan fingerprint density at radius 1 is 1.12 bits per heavy atom. The van der Waals surface area contributed by atoms with Gasteiger partial charge in [-0.1, -0.05) is 29.8 Å². The van der Waals surface area contributed by atoms with E-state index in [9.17, 15) is 0 Å². The summed E-state index contributed by atoms with van der Waals surface area (Å²) in [6, 6.07) is 14.8. The molecule has 3 heterocycles. The fourth-order valence-electron chi connectivity index (χ4n) is 3.50. The highest BCUT2D eigenvalue weighted by Gasteiger charge is 2.26. The van der Waals surface area contributed by atoms with Gasteiger partial charge < -0.3 is 4.57 Å². The lowest BCUT2D eigenvalue weighted by Gasteiger charge is -2.34. The minimum atomic E-state index is 0.379. The van der Waals surface area contributed by atoms with Crippen LogP contribution in [-0.2, 0) is 13.1 Å². The minimum absolute atomic E-state index is 0.379. The zero-order valence-electron chi connectivity index (χ0n) is 14.0. The molecular formula is C19H21ClN4. The molecule has 1 aliphatic heterocycles. The fraction of sp³-hybridized carbons (Fsp3) is 0.316. The first-order valence-corrected chi connectivity index (χ1v) is 8.71. The molecule has 0 unspecified atom stereocenters. The summed E-state index contributed by atoms with van der Waals surface area (Å²) in [7, 11) is 0. The van der Waals surface area contributed by atoms with E-state index in [1.807, 2.05) is 41.9 Å². The molecule has 5 heteroatoms. The predicted molar refractivity (Wildman–Crippen MR) is 96.6 cm³/mol. The van der Waals surface area contributed by atoms with Crippen LogP contribution in [0.5, 0.6) is 0 Å². The van der Waals surface area contributed by atoms with Crippen LogP contribution in [0, 0.1) is 6.92 Å². The number of para-hydroxylation sites is 1. The van der Waals surface area contributed by atoms with Gasteiger partial charge in [-0.3, -0.25) is 4.90 Å². The van der Waals surface area contributed by atoms with Crippen LogP contribution in [0.1, 0.15) is 29.9 Å². The van der Waals surface area contributed by atoms with Gasteiger partial charge in [0.15, 0.2) is 0 Å². The molecule has 24 heavy (non-hydrogen) atoms. The van der Waals surface area contributed by atoms with E-state index in [0.29, 0.717) is 11.2 Å². The first-order chi connectivity index (χ1) is 11.6. The average molecular weight is 341 g/mol. The third-order valence-corrected chi connectivity index (χ3v) is 5.34. The molecule has 1 aromatic carbocycles. The molecule has 0 spiro atoms. The number of aryl methyl sites for hydroxylation is 1. The number of benzene rings is 1. The van der Waals surface area contributed by atoms with Crippen LogP contribution in [0.15, 0.2) is 48.7 Å². The van der Waals surface area contributed by atoms with E-state index in [1.54, 1.807) is 0 Å². The number of hydrogen-bond acceptors (Lipinski definition) is 2. The lowest BCUT2D eigenvalue weighted by molar-refractivity contribution is 0.160. The monoisotopic (exact) mass is 340 g/mol. The molecule has 4 rings (SSSR count). The van der Waals surface area contributed by atoms with Crippen molar-refractivity contribution in [3.8, 4) is 5.69 Å². The number of rotatable bonds is 3. The van der Waals surface area contributed by atoms with Crippen LogP contribution in [0.2, 0.25) is 5.15 Å². The van der Waals surface area contributed by atoms with Crippen molar-refractivity contribution in [2.75, 3.05) is 6.54 Å². The number of halogens is 1.